The Morgan fingerprint density at radius 3 is 2.86 bits per heavy atom. The Balaban J connectivity index is 1.39. The van der Waals surface area contributed by atoms with Gasteiger partial charge in [-0.25, -0.2) is 9.97 Å². The van der Waals surface area contributed by atoms with Crippen molar-refractivity contribution in [3.63, 3.8) is 0 Å². The Bertz CT molecular complexity index is 1310. The van der Waals surface area contributed by atoms with Crippen molar-refractivity contribution >= 4 is 44.5 Å². The smallest absolute Gasteiger partial charge is 0.163 e. The fourth-order valence-electron chi connectivity index (χ4n) is 4.46. The number of aliphatic hydroxyl groups is 1. The van der Waals surface area contributed by atoms with E-state index < -0.39 is 0 Å². The average Bonchev–Trinajstić information content (AvgIpc) is 3.45. The van der Waals surface area contributed by atoms with Crippen molar-refractivity contribution in [3.8, 4) is 0 Å². The first-order chi connectivity index (χ1) is 16.9. The second kappa shape index (κ2) is 9.96. The second-order valence-corrected chi connectivity index (χ2v) is 10.8. The maximum absolute atomic E-state index is 10.3. The molecule has 9 nitrogen and oxygen atoms in total. The minimum Gasteiger partial charge on any atom is -0.391 e. The molecule has 0 amide bonds. The molecular weight excluding hydrogens is 460 g/mol. The molecular formula is C25H34N8OS. The predicted octanol–water partition coefficient (Wildman–Crippen LogP) is 3.52. The summed E-state index contributed by atoms with van der Waals surface area (Å²) in [5.74, 6) is 2.16. The van der Waals surface area contributed by atoms with Crippen LogP contribution in [0.4, 0.5) is 17.3 Å². The summed E-state index contributed by atoms with van der Waals surface area (Å²) in [7, 11) is 4.08. The molecule has 0 aliphatic carbocycles. The molecule has 3 aromatic heterocycles. The number of piperidine rings is 1. The van der Waals surface area contributed by atoms with Gasteiger partial charge in [0, 0.05) is 50.4 Å². The lowest BCUT2D eigenvalue weighted by Gasteiger charge is -2.28. The van der Waals surface area contributed by atoms with Crippen LogP contribution < -0.4 is 20.9 Å². The van der Waals surface area contributed by atoms with Gasteiger partial charge >= 0.3 is 0 Å². The molecule has 1 saturated heterocycles. The van der Waals surface area contributed by atoms with Crippen molar-refractivity contribution in [1.29, 1.82) is 0 Å². The van der Waals surface area contributed by atoms with Gasteiger partial charge in [-0.1, -0.05) is 13.8 Å². The second-order valence-electron chi connectivity index (χ2n) is 9.73. The molecule has 4 heterocycles. The summed E-state index contributed by atoms with van der Waals surface area (Å²) in [6, 6.07) is 8.38. The number of nitrogens with one attached hydrogen (secondary N) is 3. The van der Waals surface area contributed by atoms with Crippen LogP contribution in [-0.2, 0) is 6.54 Å². The number of hydrogen-bond acceptors (Lipinski definition) is 9. The van der Waals surface area contributed by atoms with Crippen LogP contribution in [0.3, 0.4) is 0 Å². The highest BCUT2D eigenvalue weighted by molar-refractivity contribution is 7.18. The summed E-state index contributed by atoms with van der Waals surface area (Å²) in [5.41, 5.74) is 4.11. The Morgan fingerprint density at radius 2 is 2.09 bits per heavy atom. The van der Waals surface area contributed by atoms with Gasteiger partial charge in [0.15, 0.2) is 5.65 Å². The van der Waals surface area contributed by atoms with E-state index in [4.69, 9.17) is 9.97 Å². The number of fused-ring (bicyclic) bond motifs is 2. The minimum atomic E-state index is -0.342. The molecule has 4 N–H and O–H groups in total. The van der Waals surface area contributed by atoms with E-state index in [9.17, 15) is 5.11 Å². The number of thiazole rings is 1. The first-order valence-corrected chi connectivity index (χ1v) is 13.0. The molecule has 186 valence electrons. The number of nitrogens with zero attached hydrogens (tertiary/aromatic N) is 5. The quantitative estimate of drug-likeness (QED) is 0.295. The van der Waals surface area contributed by atoms with E-state index in [1.807, 2.05) is 30.9 Å². The van der Waals surface area contributed by atoms with Crippen molar-refractivity contribution in [1.82, 2.24) is 24.9 Å². The van der Waals surface area contributed by atoms with Crippen molar-refractivity contribution in [2.24, 2.45) is 5.92 Å². The lowest BCUT2D eigenvalue weighted by molar-refractivity contribution is 0.0883. The van der Waals surface area contributed by atoms with E-state index in [0.717, 1.165) is 52.0 Å². The predicted molar refractivity (Wildman–Crippen MR) is 144 cm³/mol. The lowest BCUT2D eigenvalue weighted by Crippen LogP contribution is -2.43. The van der Waals surface area contributed by atoms with E-state index >= 15 is 0 Å². The number of hydrogen-bond donors (Lipinski definition) is 4. The number of aromatic nitrogens is 4. The Hall–Kier alpha value is -2.95. The molecule has 0 radical (unpaired) electrons. The Kier molecular flexibility index (Phi) is 6.77. The van der Waals surface area contributed by atoms with E-state index in [1.54, 1.807) is 11.3 Å². The fraction of sp³-hybridized carbons (Fsp3) is 0.480. The molecule has 1 aliphatic heterocycles. The van der Waals surface area contributed by atoms with Crippen molar-refractivity contribution in [2.75, 3.05) is 49.3 Å². The largest absolute Gasteiger partial charge is 0.391 e. The third-order valence-corrected chi connectivity index (χ3v) is 7.64. The van der Waals surface area contributed by atoms with Crippen LogP contribution in [0.5, 0.6) is 0 Å². The third kappa shape index (κ3) is 5.05. The van der Waals surface area contributed by atoms with Gasteiger partial charge in [-0.3, -0.25) is 0 Å². The van der Waals surface area contributed by atoms with Gasteiger partial charge in [-0.15, -0.1) is 11.3 Å². The molecule has 10 heteroatoms. The van der Waals surface area contributed by atoms with E-state index in [-0.39, 0.29) is 12.0 Å². The zero-order chi connectivity index (χ0) is 24.5. The summed E-state index contributed by atoms with van der Waals surface area (Å²) >= 11 is 1.70. The lowest BCUT2D eigenvalue weighted by atomic mass is 9.95. The van der Waals surface area contributed by atoms with Crippen molar-refractivity contribution < 1.29 is 5.11 Å². The monoisotopic (exact) mass is 494 g/mol. The van der Waals surface area contributed by atoms with Crippen molar-refractivity contribution in [3.05, 3.63) is 41.0 Å². The zero-order valence-electron chi connectivity index (χ0n) is 20.7. The number of anilines is 3. The maximum Gasteiger partial charge on any atom is 0.163 e. The Labute approximate surface area is 209 Å². The summed E-state index contributed by atoms with van der Waals surface area (Å²) in [5, 5.41) is 26.2. The van der Waals surface area contributed by atoms with Crippen LogP contribution in [0, 0.1) is 5.92 Å². The van der Waals surface area contributed by atoms with Gasteiger partial charge in [0.2, 0.25) is 0 Å². The van der Waals surface area contributed by atoms with Gasteiger partial charge in [0.05, 0.1) is 29.1 Å². The van der Waals surface area contributed by atoms with Crippen LogP contribution in [0.15, 0.2) is 30.5 Å². The average molecular weight is 495 g/mol. The normalized spacial score (nSPS) is 18.5. The van der Waals surface area contributed by atoms with Crippen LogP contribution in [-0.4, -0.2) is 64.5 Å². The maximum atomic E-state index is 10.3. The summed E-state index contributed by atoms with van der Waals surface area (Å²) < 4.78 is 3.05. The van der Waals surface area contributed by atoms with Crippen molar-refractivity contribution in [2.45, 2.75) is 38.8 Å². The highest BCUT2D eigenvalue weighted by Crippen LogP contribution is 2.28. The van der Waals surface area contributed by atoms with Gasteiger partial charge in [-0.2, -0.15) is 9.61 Å². The Morgan fingerprint density at radius 1 is 1.23 bits per heavy atom. The number of rotatable bonds is 8. The highest BCUT2D eigenvalue weighted by Gasteiger charge is 2.23. The van der Waals surface area contributed by atoms with Crippen LogP contribution >= 0.6 is 11.3 Å². The molecule has 1 aromatic carbocycles. The SMILES string of the molecule is CC(C)c1cnn2c(NCc3nc4cc(N(C)C)ccc4s3)cc(NC[C@H]3CCNC[C@@H]3O)nc12. The molecule has 5 rings (SSSR count). The van der Waals surface area contributed by atoms with Gasteiger partial charge in [0.25, 0.3) is 0 Å². The molecule has 2 atom stereocenters. The number of benzene rings is 1. The van der Waals surface area contributed by atoms with E-state index in [0.29, 0.717) is 25.6 Å². The molecule has 4 aromatic rings. The summed E-state index contributed by atoms with van der Waals surface area (Å²) in [4.78, 5) is 11.8. The van der Waals surface area contributed by atoms with Gasteiger partial charge in [-0.05, 0) is 37.1 Å². The topological polar surface area (TPSA) is 103 Å². The highest BCUT2D eigenvalue weighted by atomic mass is 32.1. The van der Waals surface area contributed by atoms with Gasteiger partial charge < -0.3 is 26.0 Å². The van der Waals surface area contributed by atoms with Gasteiger partial charge in [0.1, 0.15) is 16.6 Å². The zero-order valence-corrected chi connectivity index (χ0v) is 21.6. The summed E-state index contributed by atoms with van der Waals surface area (Å²) in [6.45, 7) is 7.16. The number of aliphatic hydroxyl groups excluding tert-OH is 1. The summed E-state index contributed by atoms with van der Waals surface area (Å²) in [6.07, 6.45) is 2.50. The van der Waals surface area contributed by atoms with Crippen LogP contribution in [0.25, 0.3) is 15.9 Å². The minimum absolute atomic E-state index is 0.204. The standard InChI is InChI=1S/C25H34N8OS/c1-15(2)18-12-29-33-23(10-22(31-25(18)33)27-11-16-7-8-26-13-20(16)34)28-14-24-30-19-9-17(32(3)4)5-6-21(19)35-24/h5-6,9-10,12,15-16,20,26,28,34H,7-8,11,13-14H2,1-4H3,(H,27,31)/t16-,20+/m1/s1. The van der Waals surface area contributed by atoms with E-state index in [1.165, 1.54) is 4.70 Å². The third-order valence-electron chi connectivity index (χ3n) is 6.61. The fourth-order valence-corrected chi connectivity index (χ4v) is 5.34. The molecule has 1 fully saturated rings. The molecule has 0 spiro atoms. The molecule has 0 bridgehead atoms. The first-order valence-electron chi connectivity index (χ1n) is 12.2. The molecule has 0 saturated carbocycles. The van der Waals surface area contributed by atoms with Crippen LogP contribution in [0.1, 0.15) is 36.8 Å². The molecule has 1 aliphatic rings. The van der Waals surface area contributed by atoms with E-state index in [2.05, 4.69) is 58.0 Å². The molecule has 0 unspecified atom stereocenters. The number of β-amino-alcohol motifs (C(OH)–C–C–N with tert-alkyl or cyclic N) is 1. The van der Waals surface area contributed by atoms with Crippen LogP contribution in [0.2, 0.25) is 0 Å². The first kappa shape index (κ1) is 23.8. The molecule has 35 heavy (non-hydrogen) atoms.